The van der Waals surface area contributed by atoms with Gasteiger partial charge < -0.3 is 9.47 Å². The number of methoxy groups -OCH3 is 1. The molecule has 31 heavy (non-hydrogen) atoms. The van der Waals surface area contributed by atoms with Crippen LogP contribution in [-0.2, 0) is 11.3 Å². The van der Waals surface area contributed by atoms with Crippen molar-refractivity contribution in [3.63, 3.8) is 0 Å². The number of amides is 2. The third-order valence-electron chi connectivity index (χ3n) is 4.87. The van der Waals surface area contributed by atoms with Gasteiger partial charge in [-0.2, -0.15) is 0 Å². The number of thioether (sulfide) groups is 1. The van der Waals surface area contributed by atoms with Gasteiger partial charge in [0, 0.05) is 0 Å². The molecule has 1 fully saturated rings. The van der Waals surface area contributed by atoms with Crippen molar-refractivity contribution in [2.45, 2.75) is 13.5 Å². The summed E-state index contributed by atoms with van der Waals surface area (Å²) in [4.78, 5) is 27.1. The quantitative estimate of drug-likeness (QED) is 0.420. The summed E-state index contributed by atoms with van der Waals surface area (Å²) < 4.78 is 10.9. The van der Waals surface area contributed by atoms with Crippen molar-refractivity contribution >= 4 is 51.4 Å². The summed E-state index contributed by atoms with van der Waals surface area (Å²) in [6.45, 7) is 2.53. The smallest absolute Gasteiger partial charge is 0.293 e. The molecule has 3 aromatic rings. The molecule has 0 spiro atoms. The molecule has 158 valence electrons. The molecular formula is C24H20ClNO4S. The number of benzene rings is 3. The van der Waals surface area contributed by atoms with E-state index in [9.17, 15) is 9.59 Å². The molecule has 0 saturated carbocycles. The standard InChI is InChI=1S/C24H20ClNO4S/c1-3-30-22-19(25)11-16(12-20(22)29-2)13-21-23(27)26(24(28)31-21)14-15-8-9-17-6-4-5-7-18(17)10-15/h4-13H,3,14H2,1-2H3/b21-13-. The minimum absolute atomic E-state index is 0.222. The van der Waals surface area contributed by atoms with Crippen LogP contribution in [0.1, 0.15) is 18.1 Å². The summed E-state index contributed by atoms with van der Waals surface area (Å²) in [5.41, 5.74) is 1.55. The Labute approximate surface area is 189 Å². The van der Waals surface area contributed by atoms with Crippen LogP contribution in [0, 0.1) is 0 Å². The summed E-state index contributed by atoms with van der Waals surface area (Å²) in [6.07, 6.45) is 1.65. The Hall–Kier alpha value is -2.96. The van der Waals surface area contributed by atoms with Gasteiger partial charge in [-0.25, -0.2) is 0 Å². The van der Waals surface area contributed by atoms with E-state index in [1.54, 1.807) is 18.2 Å². The van der Waals surface area contributed by atoms with Crippen LogP contribution in [0.5, 0.6) is 11.5 Å². The van der Waals surface area contributed by atoms with Crippen molar-refractivity contribution in [3.8, 4) is 11.5 Å². The topological polar surface area (TPSA) is 55.8 Å². The van der Waals surface area contributed by atoms with Crippen molar-refractivity contribution in [2.75, 3.05) is 13.7 Å². The van der Waals surface area contributed by atoms with Gasteiger partial charge in [-0.1, -0.05) is 48.0 Å². The minimum Gasteiger partial charge on any atom is -0.493 e. The third kappa shape index (κ3) is 4.40. The highest BCUT2D eigenvalue weighted by Crippen LogP contribution is 2.39. The largest absolute Gasteiger partial charge is 0.493 e. The number of imide groups is 1. The van der Waals surface area contributed by atoms with Crippen LogP contribution in [0.4, 0.5) is 4.79 Å². The minimum atomic E-state index is -0.327. The van der Waals surface area contributed by atoms with Gasteiger partial charge in [0.05, 0.1) is 30.2 Å². The molecule has 7 heteroatoms. The average Bonchev–Trinajstić information content (AvgIpc) is 3.02. The SMILES string of the molecule is CCOc1c(Cl)cc(/C=C2\SC(=O)N(Cc3ccc4ccccc4c3)C2=O)cc1OC. The number of carbonyl (C=O) groups is 2. The van der Waals surface area contributed by atoms with Crippen LogP contribution in [0.3, 0.4) is 0 Å². The number of ether oxygens (including phenoxy) is 2. The zero-order valence-corrected chi connectivity index (χ0v) is 18.6. The zero-order valence-electron chi connectivity index (χ0n) is 17.1. The first-order valence-corrected chi connectivity index (χ1v) is 10.9. The van der Waals surface area contributed by atoms with Gasteiger partial charge in [0.25, 0.3) is 11.1 Å². The second-order valence-corrected chi connectivity index (χ2v) is 8.32. The summed E-state index contributed by atoms with van der Waals surface area (Å²) in [6, 6.07) is 17.3. The van der Waals surface area contributed by atoms with Crippen molar-refractivity contribution in [1.82, 2.24) is 4.90 Å². The van der Waals surface area contributed by atoms with Crippen molar-refractivity contribution < 1.29 is 19.1 Å². The van der Waals surface area contributed by atoms with Crippen molar-refractivity contribution in [3.05, 3.63) is 75.7 Å². The molecular weight excluding hydrogens is 434 g/mol. The molecule has 4 rings (SSSR count). The first-order valence-electron chi connectivity index (χ1n) is 9.73. The highest BCUT2D eigenvalue weighted by Gasteiger charge is 2.35. The first kappa shape index (κ1) is 21.3. The van der Waals surface area contributed by atoms with Gasteiger partial charge in [-0.3, -0.25) is 14.5 Å². The lowest BCUT2D eigenvalue weighted by molar-refractivity contribution is -0.123. The van der Waals surface area contributed by atoms with E-state index in [2.05, 4.69) is 0 Å². The molecule has 2 amide bonds. The van der Waals surface area contributed by atoms with Gasteiger partial charge in [0.15, 0.2) is 11.5 Å². The number of nitrogens with zero attached hydrogens (tertiary/aromatic N) is 1. The van der Waals surface area contributed by atoms with E-state index >= 15 is 0 Å². The maximum Gasteiger partial charge on any atom is 0.293 e. The summed E-state index contributed by atoms with van der Waals surface area (Å²) in [5.74, 6) is 0.594. The lowest BCUT2D eigenvalue weighted by Crippen LogP contribution is -2.27. The second kappa shape index (κ2) is 9.04. The van der Waals surface area contributed by atoms with Crippen LogP contribution in [0.25, 0.3) is 16.8 Å². The van der Waals surface area contributed by atoms with E-state index in [1.165, 1.54) is 12.0 Å². The normalized spacial score (nSPS) is 15.2. The molecule has 1 saturated heterocycles. The van der Waals surface area contributed by atoms with Crippen molar-refractivity contribution in [2.24, 2.45) is 0 Å². The number of hydrogen-bond acceptors (Lipinski definition) is 5. The Balaban J connectivity index is 1.59. The van der Waals surface area contributed by atoms with E-state index in [0.29, 0.717) is 33.6 Å². The average molecular weight is 454 g/mol. The molecule has 0 aromatic heterocycles. The van der Waals surface area contributed by atoms with Gasteiger partial charge in [-0.05, 0) is 64.9 Å². The van der Waals surface area contributed by atoms with E-state index in [1.807, 2.05) is 49.4 Å². The Bertz CT molecular complexity index is 1210. The molecule has 1 heterocycles. The number of halogens is 1. The molecule has 0 radical (unpaired) electrons. The van der Waals surface area contributed by atoms with Crippen LogP contribution in [0.15, 0.2) is 59.5 Å². The summed E-state index contributed by atoms with van der Waals surface area (Å²) in [7, 11) is 1.52. The highest BCUT2D eigenvalue weighted by atomic mass is 35.5. The lowest BCUT2D eigenvalue weighted by atomic mass is 10.1. The second-order valence-electron chi connectivity index (χ2n) is 6.92. The Morgan fingerprint density at radius 3 is 2.58 bits per heavy atom. The summed E-state index contributed by atoms with van der Waals surface area (Å²) >= 11 is 7.24. The van der Waals surface area contributed by atoms with Crippen molar-refractivity contribution in [1.29, 1.82) is 0 Å². The van der Waals surface area contributed by atoms with E-state index < -0.39 is 0 Å². The van der Waals surface area contributed by atoms with E-state index in [4.69, 9.17) is 21.1 Å². The summed E-state index contributed by atoms with van der Waals surface area (Å²) in [5, 5.41) is 2.26. The fraction of sp³-hybridized carbons (Fsp3) is 0.167. The molecule has 0 atom stereocenters. The van der Waals surface area contributed by atoms with Crippen LogP contribution in [0.2, 0.25) is 5.02 Å². The van der Waals surface area contributed by atoms with Gasteiger partial charge in [0.2, 0.25) is 0 Å². The molecule has 0 bridgehead atoms. The Morgan fingerprint density at radius 2 is 1.84 bits per heavy atom. The predicted molar refractivity (Wildman–Crippen MR) is 125 cm³/mol. The van der Waals surface area contributed by atoms with E-state index in [0.717, 1.165) is 28.1 Å². The van der Waals surface area contributed by atoms with Gasteiger partial charge >= 0.3 is 0 Å². The van der Waals surface area contributed by atoms with Crippen LogP contribution in [-0.4, -0.2) is 29.8 Å². The monoisotopic (exact) mass is 453 g/mol. The van der Waals surface area contributed by atoms with Gasteiger partial charge in [-0.15, -0.1) is 0 Å². The first-order chi connectivity index (χ1) is 15.0. The number of hydrogen-bond donors (Lipinski definition) is 0. The fourth-order valence-corrected chi connectivity index (χ4v) is 4.53. The maximum atomic E-state index is 12.9. The lowest BCUT2D eigenvalue weighted by Gasteiger charge is -2.13. The molecule has 1 aliphatic heterocycles. The molecule has 0 unspecified atom stereocenters. The number of carbonyl (C=O) groups excluding carboxylic acids is 2. The Kier molecular flexibility index (Phi) is 6.20. The number of rotatable bonds is 6. The molecule has 3 aromatic carbocycles. The molecule has 1 aliphatic rings. The molecule has 5 nitrogen and oxygen atoms in total. The Morgan fingerprint density at radius 1 is 1.06 bits per heavy atom. The third-order valence-corrected chi connectivity index (χ3v) is 6.05. The van der Waals surface area contributed by atoms with E-state index in [-0.39, 0.29) is 17.7 Å². The molecule has 0 N–H and O–H groups in total. The van der Waals surface area contributed by atoms with Crippen LogP contribution >= 0.6 is 23.4 Å². The highest BCUT2D eigenvalue weighted by molar-refractivity contribution is 8.18. The van der Waals surface area contributed by atoms with Crippen LogP contribution < -0.4 is 9.47 Å². The maximum absolute atomic E-state index is 12.9. The zero-order chi connectivity index (χ0) is 22.0. The molecule has 0 aliphatic carbocycles. The van der Waals surface area contributed by atoms with Gasteiger partial charge in [0.1, 0.15) is 0 Å². The fourth-order valence-electron chi connectivity index (χ4n) is 3.41. The predicted octanol–water partition coefficient (Wildman–Crippen LogP) is 6.14. The number of fused-ring (bicyclic) bond motifs is 1.